The Kier molecular flexibility index (Phi) is 4.07. The van der Waals surface area contributed by atoms with Gasteiger partial charge in [-0.2, -0.15) is 0 Å². The summed E-state index contributed by atoms with van der Waals surface area (Å²) in [5.74, 6) is -0.378. The molecule has 3 N–H and O–H groups in total. The van der Waals surface area contributed by atoms with Crippen molar-refractivity contribution in [2.75, 3.05) is 0 Å². The predicted molar refractivity (Wildman–Crippen MR) is 69.5 cm³/mol. The van der Waals surface area contributed by atoms with E-state index in [1.165, 1.54) is 6.07 Å². The fourth-order valence-corrected chi connectivity index (χ4v) is 1.94. The number of halogens is 1. The van der Waals surface area contributed by atoms with Crippen molar-refractivity contribution in [3.05, 3.63) is 71.5 Å². The summed E-state index contributed by atoms with van der Waals surface area (Å²) in [6, 6.07) is 15.1. The lowest BCUT2D eigenvalue weighted by molar-refractivity contribution is 0.143. The van der Waals surface area contributed by atoms with Crippen LogP contribution < -0.4 is 5.73 Å². The van der Waals surface area contributed by atoms with Crippen LogP contribution in [0.4, 0.5) is 4.39 Å². The third kappa shape index (κ3) is 2.94. The molecule has 0 radical (unpaired) electrons. The Balaban J connectivity index is 2.10. The molecule has 2 aromatic carbocycles. The zero-order valence-electron chi connectivity index (χ0n) is 9.96. The van der Waals surface area contributed by atoms with Crippen LogP contribution in [0.5, 0.6) is 0 Å². The van der Waals surface area contributed by atoms with Gasteiger partial charge in [0.05, 0.1) is 12.1 Å². The van der Waals surface area contributed by atoms with E-state index < -0.39 is 12.1 Å². The van der Waals surface area contributed by atoms with Gasteiger partial charge in [-0.05, 0) is 11.6 Å². The van der Waals surface area contributed by atoms with E-state index in [0.717, 1.165) is 5.56 Å². The summed E-state index contributed by atoms with van der Waals surface area (Å²) in [4.78, 5) is 0. The van der Waals surface area contributed by atoms with Crippen molar-refractivity contribution in [2.24, 2.45) is 5.73 Å². The molecule has 0 heterocycles. The molecule has 18 heavy (non-hydrogen) atoms. The molecule has 0 fully saturated rings. The maximum absolute atomic E-state index is 13.5. The van der Waals surface area contributed by atoms with Gasteiger partial charge < -0.3 is 10.8 Å². The second-order valence-corrected chi connectivity index (χ2v) is 4.30. The van der Waals surface area contributed by atoms with Crippen molar-refractivity contribution in [3.63, 3.8) is 0 Å². The maximum Gasteiger partial charge on any atom is 0.128 e. The van der Waals surface area contributed by atoms with Gasteiger partial charge in [0.25, 0.3) is 0 Å². The number of rotatable bonds is 4. The van der Waals surface area contributed by atoms with Crippen molar-refractivity contribution in [2.45, 2.75) is 18.6 Å². The van der Waals surface area contributed by atoms with Gasteiger partial charge in [0.1, 0.15) is 5.82 Å². The Morgan fingerprint density at radius 2 is 1.61 bits per heavy atom. The van der Waals surface area contributed by atoms with E-state index in [0.29, 0.717) is 12.0 Å². The quantitative estimate of drug-likeness (QED) is 0.869. The highest BCUT2D eigenvalue weighted by Crippen LogP contribution is 2.20. The molecule has 2 rings (SSSR count). The molecule has 0 aliphatic carbocycles. The van der Waals surface area contributed by atoms with Gasteiger partial charge in [0, 0.05) is 12.0 Å². The van der Waals surface area contributed by atoms with E-state index in [1.54, 1.807) is 18.2 Å². The molecule has 0 unspecified atom stereocenters. The molecule has 0 aromatic heterocycles. The van der Waals surface area contributed by atoms with Crippen LogP contribution in [0.15, 0.2) is 54.6 Å². The molecule has 0 saturated heterocycles. The lowest BCUT2D eigenvalue weighted by Gasteiger charge is -2.19. The highest BCUT2D eigenvalue weighted by molar-refractivity contribution is 5.23. The molecule has 3 heteroatoms. The van der Waals surface area contributed by atoms with Crippen molar-refractivity contribution in [3.8, 4) is 0 Å². The summed E-state index contributed by atoms with van der Waals surface area (Å²) < 4.78 is 13.5. The van der Waals surface area contributed by atoms with Crippen LogP contribution in [0, 0.1) is 5.82 Å². The van der Waals surface area contributed by atoms with E-state index in [4.69, 9.17) is 5.73 Å². The van der Waals surface area contributed by atoms with Crippen LogP contribution in [0.1, 0.15) is 17.2 Å². The SMILES string of the molecule is N[C@@H](c1ccccc1F)[C@H](O)Cc1ccccc1. The minimum absolute atomic E-state index is 0.348. The monoisotopic (exact) mass is 245 g/mol. The van der Waals surface area contributed by atoms with Gasteiger partial charge in [0.15, 0.2) is 0 Å². The molecule has 2 atom stereocenters. The van der Waals surface area contributed by atoms with E-state index in [-0.39, 0.29) is 5.82 Å². The molecule has 0 amide bonds. The van der Waals surface area contributed by atoms with Gasteiger partial charge in [-0.15, -0.1) is 0 Å². The third-order valence-corrected chi connectivity index (χ3v) is 2.97. The summed E-state index contributed by atoms with van der Waals surface area (Å²) in [6.45, 7) is 0. The first kappa shape index (κ1) is 12.7. The van der Waals surface area contributed by atoms with Gasteiger partial charge in [-0.1, -0.05) is 48.5 Å². The average molecular weight is 245 g/mol. The molecule has 0 aliphatic rings. The Hall–Kier alpha value is -1.71. The minimum atomic E-state index is -0.802. The van der Waals surface area contributed by atoms with Crippen molar-refractivity contribution in [1.82, 2.24) is 0 Å². The maximum atomic E-state index is 13.5. The lowest BCUT2D eigenvalue weighted by atomic mass is 9.96. The Bertz CT molecular complexity index is 501. The molecule has 0 saturated carbocycles. The van der Waals surface area contributed by atoms with Gasteiger partial charge in [-0.25, -0.2) is 4.39 Å². The highest BCUT2D eigenvalue weighted by atomic mass is 19.1. The highest BCUT2D eigenvalue weighted by Gasteiger charge is 2.19. The van der Waals surface area contributed by atoms with E-state index >= 15 is 0 Å². The topological polar surface area (TPSA) is 46.2 Å². The van der Waals surface area contributed by atoms with Crippen LogP contribution in [0.2, 0.25) is 0 Å². The van der Waals surface area contributed by atoms with Crippen LogP contribution in [0.3, 0.4) is 0 Å². The predicted octanol–water partition coefficient (Wildman–Crippen LogP) is 2.43. The summed E-state index contributed by atoms with van der Waals surface area (Å²) in [6.07, 6.45) is -0.389. The van der Waals surface area contributed by atoms with Crippen LogP contribution in [-0.2, 0) is 6.42 Å². The first-order chi connectivity index (χ1) is 8.68. The zero-order valence-corrected chi connectivity index (χ0v) is 9.96. The Labute approximate surface area is 106 Å². The number of aliphatic hydroxyl groups is 1. The van der Waals surface area contributed by atoms with Crippen LogP contribution in [-0.4, -0.2) is 11.2 Å². The third-order valence-electron chi connectivity index (χ3n) is 2.97. The standard InChI is InChI=1S/C15H16FNO/c16-13-9-5-4-8-12(13)15(17)14(18)10-11-6-2-1-3-7-11/h1-9,14-15,18H,10,17H2/t14-,15+/m1/s1. The Morgan fingerprint density at radius 1 is 1.00 bits per heavy atom. The average Bonchev–Trinajstić information content (AvgIpc) is 2.39. The molecule has 94 valence electrons. The van der Waals surface area contributed by atoms with E-state index in [9.17, 15) is 9.50 Å². The van der Waals surface area contributed by atoms with Gasteiger partial charge in [-0.3, -0.25) is 0 Å². The van der Waals surface area contributed by atoms with Gasteiger partial charge >= 0.3 is 0 Å². The summed E-state index contributed by atoms with van der Waals surface area (Å²) in [5.41, 5.74) is 7.23. The van der Waals surface area contributed by atoms with Crippen molar-refractivity contribution in [1.29, 1.82) is 0 Å². The Morgan fingerprint density at radius 3 is 2.28 bits per heavy atom. The summed E-state index contributed by atoms with van der Waals surface area (Å²) in [5, 5.41) is 10.1. The number of benzene rings is 2. The number of aliphatic hydroxyl groups excluding tert-OH is 1. The molecule has 0 bridgehead atoms. The van der Waals surface area contributed by atoms with Gasteiger partial charge in [0.2, 0.25) is 0 Å². The molecule has 0 aliphatic heterocycles. The number of hydrogen-bond donors (Lipinski definition) is 2. The zero-order chi connectivity index (χ0) is 13.0. The number of nitrogens with two attached hydrogens (primary N) is 1. The fourth-order valence-electron chi connectivity index (χ4n) is 1.94. The fraction of sp³-hybridized carbons (Fsp3) is 0.200. The molecular formula is C15H16FNO. The lowest BCUT2D eigenvalue weighted by Crippen LogP contribution is -2.28. The van der Waals surface area contributed by atoms with Crippen LogP contribution in [0.25, 0.3) is 0 Å². The number of hydrogen-bond acceptors (Lipinski definition) is 2. The smallest absolute Gasteiger partial charge is 0.128 e. The minimum Gasteiger partial charge on any atom is -0.391 e. The van der Waals surface area contributed by atoms with E-state index in [1.807, 2.05) is 30.3 Å². The van der Waals surface area contributed by atoms with Crippen molar-refractivity contribution >= 4 is 0 Å². The molecule has 2 nitrogen and oxygen atoms in total. The first-order valence-electron chi connectivity index (χ1n) is 5.90. The normalized spacial score (nSPS) is 14.2. The molecule has 2 aromatic rings. The van der Waals surface area contributed by atoms with E-state index in [2.05, 4.69) is 0 Å². The van der Waals surface area contributed by atoms with Crippen LogP contribution >= 0.6 is 0 Å². The van der Waals surface area contributed by atoms with Crippen molar-refractivity contribution < 1.29 is 9.50 Å². The molecule has 0 spiro atoms. The largest absolute Gasteiger partial charge is 0.391 e. The summed E-state index contributed by atoms with van der Waals surface area (Å²) >= 11 is 0. The summed E-state index contributed by atoms with van der Waals surface area (Å²) in [7, 11) is 0. The molecular weight excluding hydrogens is 229 g/mol. The second-order valence-electron chi connectivity index (χ2n) is 4.30. The first-order valence-corrected chi connectivity index (χ1v) is 5.90. The second kappa shape index (κ2) is 5.76.